The van der Waals surface area contributed by atoms with Crippen molar-refractivity contribution in [1.29, 1.82) is 0 Å². The Kier molecular flexibility index (Phi) is 4.71. The third-order valence-corrected chi connectivity index (χ3v) is 5.08. The van der Waals surface area contributed by atoms with Crippen LogP contribution in [0.3, 0.4) is 0 Å². The van der Waals surface area contributed by atoms with Crippen LogP contribution in [0, 0.1) is 13.8 Å². The topological polar surface area (TPSA) is 67.6 Å². The lowest BCUT2D eigenvalue weighted by Gasteiger charge is -2.36. The van der Waals surface area contributed by atoms with Crippen LogP contribution in [0.2, 0.25) is 0 Å². The zero-order valence-electron chi connectivity index (χ0n) is 15.7. The second-order valence-electron chi connectivity index (χ2n) is 6.79. The molecule has 0 spiro atoms. The second-order valence-corrected chi connectivity index (χ2v) is 6.79. The lowest BCUT2D eigenvalue weighted by atomic mass is 10.1. The molecule has 1 amide bonds. The standard InChI is InChI=1S/C19H24N4O3/c1-13-6-5-7-15(12-13)17(24)23-10-8-22(9-11-23)16-14(2)20(3)19(26)21(4)18(16)25/h5-7,12H,8-11H2,1-4H3. The molecule has 1 fully saturated rings. The van der Waals surface area contributed by atoms with E-state index in [0.29, 0.717) is 43.1 Å². The molecule has 1 saturated heterocycles. The highest BCUT2D eigenvalue weighted by Gasteiger charge is 2.26. The lowest BCUT2D eigenvalue weighted by Crippen LogP contribution is -2.52. The van der Waals surface area contributed by atoms with Gasteiger partial charge in [-0.2, -0.15) is 0 Å². The number of aryl methyl sites for hydroxylation is 1. The Morgan fingerprint density at radius 3 is 2.23 bits per heavy atom. The molecule has 2 heterocycles. The molecule has 138 valence electrons. The van der Waals surface area contributed by atoms with Gasteiger partial charge in [-0.3, -0.25) is 18.7 Å². The average molecular weight is 356 g/mol. The highest BCUT2D eigenvalue weighted by atomic mass is 16.2. The molecule has 2 aromatic rings. The fourth-order valence-corrected chi connectivity index (χ4v) is 3.39. The van der Waals surface area contributed by atoms with Crippen molar-refractivity contribution in [2.75, 3.05) is 31.1 Å². The molecule has 1 aliphatic heterocycles. The molecule has 7 heteroatoms. The predicted octanol–water partition coefficient (Wildman–Crippen LogP) is 0.663. The van der Waals surface area contributed by atoms with Gasteiger partial charge in [0.15, 0.2) is 0 Å². The summed E-state index contributed by atoms with van der Waals surface area (Å²) in [7, 11) is 3.16. The van der Waals surface area contributed by atoms with Gasteiger partial charge in [-0.15, -0.1) is 0 Å². The number of anilines is 1. The second kappa shape index (κ2) is 6.82. The van der Waals surface area contributed by atoms with Gasteiger partial charge >= 0.3 is 5.69 Å². The number of hydrogen-bond donors (Lipinski definition) is 0. The van der Waals surface area contributed by atoms with E-state index in [0.717, 1.165) is 10.1 Å². The number of benzene rings is 1. The number of aromatic nitrogens is 2. The van der Waals surface area contributed by atoms with Crippen molar-refractivity contribution in [1.82, 2.24) is 14.0 Å². The van der Waals surface area contributed by atoms with Crippen LogP contribution in [-0.2, 0) is 14.1 Å². The molecular formula is C19H24N4O3. The number of amides is 1. The number of carbonyl (C=O) groups is 1. The van der Waals surface area contributed by atoms with E-state index in [2.05, 4.69) is 0 Å². The number of carbonyl (C=O) groups excluding carboxylic acids is 1. The van der Waals surface area contributed by atoms with Gasteiger partial charge in [-0.05, 0) is 26.0 Å². The van der Waals surface area contributed by atoms with Crippen LogP contribution in [0.15, 0.2) is 33.9 Å². The fraction of sp³-hybridized carbons (Fsp3) is 0.421. The Bertz CT molecular complexity index is 966. The molecule has 0 aliphatic carbocycles. The molecule has 1 aromatic heterocycles. The van der Waals surface area contributed by atoms with E-state index in [1.54, 1.807) is 14.0 Å². The molecule has 1 aromatic carbocycles. The lowest BCUT2D eigenvalue weighted by molar-refractivity contribution is 0.0746. The summed E-state index contributed by atoms with van der Waals surface area (Å²) < 4.78 is 2.62. The van der Waals surface area contributed by atoms with E-state index in [4.69, 9.17) is 0 Å². The summed E-state index contributed by atoms with van der Waals surface area (Å²) >= 11 is 0. The van der Waals surface area contributed by atoms with E-state index in [-0.39, 0.29) is 17.2 Å². The zero-order chi connectivity index (χ0) is 19.0. The molecule has 0 saturated carbocycles. The minimum Gasteiger partial charge on any atom is -0.362 e. The Hall–Kier alpha value is -2.83. The largest absolute Gasteiger partial charge is 0.362 e. The summed E-state index contributed by atoms with van der Waals surface area (Å²) in [5.41, 5.74) is 2.31. The van der Waals surface area contributed by atoms with E-state index >= 15 is 0 Å². The molecule has 0 bridgehead atoms. The van der Waals surface area contributed by atoms with Gasteiger partial charge in [0.25, 0.3) is 11.5 Å². The quantitative estimate of drug-likeness (QED) is 0.793. The first-order valence-corrected chi connectivity index (χ1v) is 8.68. The van der Waals surface area contributed by atoms with Gasteiger partial charge in [0.2, 0.25) is 0 Å². The van der Waals surface area contributed by atoms with Gasteiger partial charge in [-0.25, -0.2) is 4.79 Å². The maximum atomic E-state index is 12.7. The van der Waals surface area contributed by atoms with Gasteiger partial charge in [0.1, 0.15) is 5.69 Å². The third-order valence-electron chi connectivity index (χ3n) is 5.08. The van der Waals surface area contributed by atoms with Crippen LogP contribution in [-0.4, -0.2) is 46.1 Å². The molecule has 1 aliphatic rings. The number of nitrogens with zero attached hydrogens (tertiary/aromatic N) is 4. The smallest absolute Gasteiger partial charge is 0.330 e. The summed E-state index contributed by atoms with van der Waals surface area (Å²) in [6, 6.07) is 7.57. The molecule has 0 unspecified atom stereocenters. The van der Waals surface area contributed by atoms with Crippen molar-refractivity contribution in [2.24, 2.45) is 14.1 Å². The van der Waals surface area contributed by atoms with Crippen LogP contribution in [0.4, 0.5) is 5.69 Å². The number of piperazine rings is 1. The highest BCUT2D eigenvalue weighted by Crippen LogP contribution is 2.17. The number of hydrogen-bond acceptors (Lipinski definition) is 4. The first-order chi connectivity index (χ1) is 12.3. The van der Waals surface area contributed by atoms with Crippen molar-refractivity contribution >= 4 is 11.6 Å². The minimum atomic E-state index is -0.329. The highest BCUT2D eigenvalue weighted by molar-refractivity contribution is 5.94. The van der Waals surface area contributed by atoms with Crippen molar-refractivity contribution in [3.05, 3.63) is 61.9 Å². The summed E-state index contributed by atoms with van der Waals surface area (Å²) in [6.45, 7) is 5.95. The Balaban J connectivity index is 1.81. The third kappa shape index (κ3) is 3.05. The van der Waals surface area contributed by atoms with Gasteiger partial charge in [0.05, 0.1) is 0 Å². The molecule has 26 heavy (non-hydrogen) atoms. The zero-order valence-corrected chi connectivity index (χ0v) is 15.7. The normalized spacial score (nSPS) is 14.6. The monoisotopic (exact) mass is 356 g/mol. The minimum absolute atomic E-state index is 0.0124. The van der Waals surface area contributed by atoms with Crippen LogP contribution >= 0.6 is 0 Å². The average Bonchev–Trinajstić information content (AvgIpc) is 2.65. The first kappa shape index (κ1) is 18.0. The molecule has 0 N–H and O–H groups in total. The van der Waals surface area contributed by atoms with Crippen LogP contribution in [0.5, 0.6) is 0 Å². The fourth-order valence-electron chi connectivity index (χ4n) is 3.39. The van der Waals surface area contributed by atoms with Crippen LogP contribution in [0.1, 0.15) is 21.6 Å². The molecule has 7 nitrogen and oxygen atoms in total. The van der Waals surface area contributed by atoms with Crippen molar-refractivity contribution in [3.63, 3.8) is 0 Å². The summed E-state index contributed by atoms with van der Waals surface area (Å²) in [6.07, 6.45) is 0. The first-order valence-electron chi connectivity index (χ1n) is 8.68. The maximum absolute atomic E-state index is 12.7. The molecule has 0 atom stereocenters. The van der Waals surface area contributed by atoms with Crippen LogP contribution < -0.4 is 16.1 Å². The molecular weight excluding hydrogens is 332 g/mol. The van der Waals surface area contributed by atoms with Crippen molar-refractivity contribution in [2.45, 2.75) is 13.8 Å². The summed E-state index contributed by atoms with van der Waals surface area (Å²) in [5.74, 6) is 0.0124. The SMILES string of the molecule is Cc1cccc(C(=O)N2CCN(c3c(C)n(C)c(=O)n(C)c3=O)CC2)c1. The summed E-state index contributed by atoms with van der Waals surface area (Å²) in [4.78, 5) is 41.0. The number of rotatable bonds is 2. The maximum Gasteiger partial charge on any atom is 0.330 e. The Labute approximate surface area is 152 Å². The van der Waals surface area contributed by atoms with Gasteiger partial charge in [-0.1, -0.05) is 17.7 Å². The van der Waals surface area contributed by atoms with Crippen LogP contribution in [0.25, 0.3) is 0 Å². The van der Waals surface area contributed by atoms with Crippen molar-refractivity contribution < 1.29 is 4.79 Å². The van der Waals surface area contributed by atoms with E-state index in [1.807, 2.05) is 41.0 Å². The Morgan fingerprint density at radius 1 is 0.962 bits per heavy atom. The van der Waals surface area contributed by atoms with E-state index in [1.165, 1.54) is 11.6 Å². The Morgan fingerprint density at radius 2 is 1.62 bits per heavy atom. The van der Waals surface area contributed by atoms with Gasteiger partial charge < -0.3 is 9.80 Å². The van der Waals surface area contributed by atoms with E-state index in [9.17, 15) is 14.4 Å². The summed E-state index contributed by atoms with van der Waals surface area (Å²) in [5, 5.41) is 0. The van der Waals surface area contributed by atoms with Crippen molar-refractivity contribution in [3.8, 4) is 0 Å². The molecule has 3 rings (SSSR count). The van der Waals surface area contributed by atoms with Gasteiger partial charge in [0, 0.05) is 51.5 Å². The molecule has 0 radical (unpaired) electrons. The van der Waals surface area contributed by atoms with E-state index < -0.39 is 0 Å². The predicted molar refractivity (Wildman–Crippen MR) is 101 cm³/mol.